The molecule has 0 bridgehead atoms. The van der Waals surface area contributed by atoms with Crippen LogP contribution in [0.15, 0.2) is 24.3 Å². The molecule has 1 saturated heterocycles. The predicted octanol–water partition coefficient (Wildman–Crippen LogP) is 3.21. The SMILES string of the molecule is CCC1(C)CC(Nc2ccc(C)cc2)(C(=O)O)CCO1. The van der Waals surface area contributed by atoms with Crippen molar-refractivity contribution >= 4 is 11.7 Å². The Hall–Kier alpha value is -1.55. The van der Waals surface area contributed by atoms with E-state index in [2.05, 4.69) is 5.32 Å². The minimum atomic E-state index is -0.946. The Morgan fingerprint density at radius 1 is 1.40 bits per heavy atom. The van der Waals surface area contributed by atoms with Crippen LogP contribution < -0.4 is 5.32 Å². The van der Waals surface area contributed by atoms with Gasteiger partial charge in [0.15, 0.2) is 0 Å². The fraction of sp³-hybridized carbons (Fsp3) is 0.562. The lowest BCUT2D eigenvalue weighted by Crippen LogP contribution is -2.56. The third kappa shape index (κ3) is 2.96. The fourth-order valence-corrected chi connectivity index (χ4v) is 2.73. The van der Waals surface area contributed by atoms with Crippen molar-refractivity contribution in [2.45, 2.75) is 51.2 Å². The van der Waals surface area contributed by atoms with Crippen molar-refractivity contribution in [3.8, 4) is 0 Å². The molecule has 2 N–H and O–H groups in total. The van der Waals surface area contributed by atoms with E-state index >= 15 is 0 Å². The maximum Gasteiger partial charge on any atom is 0.329 e. The molecule has 2 unspecified atom stereocenters. The predicted molar refractivity (Wildman–Crippen MR) is 79.1 cm³/mol. The second-order valence-corrected chi connectivity index (χ2v) is 5.96. The largest absolute Gasteiger partial charge is 0.480 e. The molecule has 1 aromatic carbocycles. The van der Waals surface area contributed by atoms with Gasteiger partial charge in [0.2, 0.25) is 0 Å². The molecule has 1 aliphatic rings. The zero-order chi connectivity index (χ0) is 14.8. The van der Waals surface area contributed by atoms with Gasteiger partial charge in [-0.25, -0.2) is 4.79 Å². The van der Waals surface area contributed by atoms with E-state index in [0.29, 0.717) is 19.4 Å². The Balaban J connectivity index is 2.26. The number of hydrogen-bond acceptors (Lipinski definition) is 3. The first-order valence-electron chi connectivity index (χ1n) is 7.11. The summed E-state index contributed by atoms with van der Waals surface area (Å²) in [5.74, 6) is -0.805. The van der Waals surface area contributed by atoms with Crippen molar-refractivity contribution in [1.29, 1.82) is 0 Å². The first-order chi connectivity index (χ1) is 9.39. The molecule has 20 heavy (non-hydrogen) atoms. The summed E-state index contributed by atoms with van der Waals surface area (Å²) in [6, 6.07) is 7.82. The topological polar surface area (TPSA) is 58.6 Å². The van der Waals surface area contributed by atoms with Gasteiger partial charge in [-0.3, -0.25) is 0 Å². The van der Waals surface area contributed by atoms with Crippen molar-refractivity contribution in [3.63, 3.8) is 0 Å². The third-order valence-electron chi connectivity index (χ3n) is 4.25. The lowest BCUT2D eigenvalue weighted by molar-refractivity contribution is -0.154. The first kappa shape index (κ1) is 14.9. The van der Waals surface area contributed by atoms with Crippen LogP contribution in [0.3, 0.4) is 0 Å². The summed E-state index contributed by atoms with van der Waals surface area (Å²) in [6.45, 7) is 6.50. The van der Waals surface area contributed by atoms with Gasteiger partial charge in [-0.05, 0) is 32.4 Å². The van der Waals surface area contributed by atoms with Crippen molar-refractivity contribution in [1.82, 2.24) is 0 Å². The van der Waals surface area contributed by atoms with Crippen LogP contribution in [0.4, 0.5) is 5.69 Å². The molecule has 0 saturated carbocycles. The summed E-state index contributed by atoms with van der Waals surface area (Å²) < 4.78 is 5.77. The van der Waals surface area contributed by atoms with Crippen LogP contribution in [0.25, 0.3) is 0 Å². The first-order valence-corrected chi connectivity index (χ1v) is 7.11. The molecule has 0 spiro atoms. The molecular weight excluding hydrogens is 254 g/mol. The van der Waals surface area contributed by atoms with E-state index in [0.717, 1.165) is 17.7 Å². The van der Waals surface area contributed by atoms with Crippen molar-refractivity contribution in [3.05, 3.63) is 29.8 Å². The van der Waals surface area contributed by atoms with Crippen LogP contribution in [-0.4, -0.2) is 28.8 Å². The van der Waals surface area contributed by atoms with Crippen LogP contribution in [-0.2, 0) is 9.53 Å². The number of ether oxygens (including phenoxy) is 1. The minimum Gasteiger partial charge on any atom is -0.480 e. The van der Waals surface area contributed by atoms with Gasteiger partial charge < -0.3 is 15.2 Å². The Morgan fingerprint density at radius 2 is 2.05 bits per heavy atom. The van der Waals surface area contributed by atoms with Crippen LogP contribution >= 0.6 is 0 Å². The van der Waals surface area contributed by atoms with Gasteiger partial charge >= 0.3 is 5.97 Å². The standard InChI is InChI=1S/C16H23NO3/c1-4-15(3)11-16(14(18)19,9-10-20-15)17-13-7-5-12(2)6-8-13/h5-8,17H,4,9-11H2,1-3H3,(H,18,19). The zero-order valence-corrected chi connectivity index (χ0v) is 12.4. The van der Waals surface area contributed by atoms with Gasteiger partial charge in [-0.2, -0.15) is 0 Å². The molecule has 0 radical (unpaired) electrons. The highest BCUT2D eigenvalue weighted by Gasteiger charge is 2.47. The molecule has 1 aliphatic heterocycles. The molecule has 1 heterocycles. The number of aryl methyl sites for hydroxylation is 1. The Kier molecular flexibility index (Phi) is 4.04. The average molecular weight is 277 g/mol. The van der Waals surface area contributed by atoms with E-state index in [9.17, 15) is 9.90 Å². The average Bonchev–Trinajstić information content (AvgIpc) is 2.41. The molecule has 0 amide bonds. The second-order valence-electron chi connectivity index (χ2n) is 5.96. The number of carboxylic acid groups (broad SMARTS) is 1. The van der Waals surface area contributed by atoms with Gasteiger partial charge in [-0.1, -0.05) is 24.6 Å². The van der Waals surface area contributed by atoms with E-state index in [1.807, 2.05) is 45.0 Å². The maximum absolute atomic E-state index is 11.8. The van der Waals surface area contributed by atoms with Crippen molar-refractivity contribution in [2.75, 3.05) is 11.9 Å². The number of nitrogens with one attached hydrogen (secondary N) is 1. The van der Waals surface area contributed by atoms with Crippen LogP contribution in [0.5, 0.6) is 0 Å². The number of hydrogen-bond donors (Lipinski definition) is 2. The van der Waals surface area contributed by atoms with Crippen molar-refractivity contribution < 1.29 is 14.6 Å². The van der Waals surface area contributed by atoms with E-state index in [4.69, 9.17) is 4.74 Å². The van der Waals surface area contributed by atoms with E-state index in [1.165, 1.54) is 0 Å². The molecule has 2 rings (SSSR count). The highest BCUT2D eigenvalue weighted by molar-refractivity contribution is 5.83. The Labute approximate surface area is 120 Å². The van der Waals surface area contributed by atoms with Gasteiger partial charge in [0.05, 0.1) is 12.2 Å². The quantitative estimate of drug-likeness (QED) is 0.887. The summed E-state index contributed by atoms with van der Waals surface area (Å²) in [4.78, 5) is 11.8. The summed E-state index contributed by atoms with van der Waals surface area (Å²) >= 11 is 0. The lowest BCUT2D eigenvalue weighted by atomic mass is 9.79. The molecular formula is C16H23NO3. The summed E-state index contributed by atoms with van der Waals surface area (Å²) in [7, 11) is 0. The van der Waals surface area contributed by atoms with Gasteiger partial charge in [-0.15, -0.1) is 0 Å². The summed E-state index contributed by atoms with van der Waals surface area (Å²) in [5.41, 5.74) is 0.677. The monoisotopic (exact) mass is 277 g/mol. The summed E-state index contributed by atoms with van der Waals surface area (Å²) in [5, 5.41) is 12.9. The van der Waals surface area contributed by atoms with E-state index in [-0.39, 0.29) is 5.60 Å². The number of carbonyl (C=O) groups is 1. The molecule has 110 valence electrons. The van der Waals surface area contributed by atoms with Crippen LogP contribution in [0, 0.1) is 6.92 Å². The molecule has 4 nitrogen and oxygen atoms in total. The van der Waals surface area contributed by atoms with Gasteiger partial charge in [0.1, 0.15) is 5.54 Å². The number of benzene rings is 1. The fourth-order valence-electron chi connectivity index (χ4n) is 2.73. The second kappa shape index (κ2) is 5.44. The minimum absolute atomic E-state index is 0.381. The van der Waals surface area contributed by atoms with Gasteiger partial charge in [0, 0.05) is 18.5 Å². The highest BCUT2D eigenvalue weighted by Crippen LogP contribution is 2.37. The van der Waals surface area contributed by atoms with Crippen LogP contribution in [0.1, 0.15) is 38.7 Å². The third-order valence-corrected chi connectivity index (χ3v) is 4.25. The molecule has 1 fully saturated rings. The Morgan fingerprint density at radius 3 is 2.60 bits per heavy atom. The Bertz CT molecular complexity index is 485. The molecule has 4 heteroatoms. The number of carboxylic acids is 1. The van der Waals surface area contributed by atoms with Crippen molar-refractivity contribution in [2.24, 2.45) is 0 Å². The van der Waals surface area contributed by atoms with Crippen LogP contribution in [0.2, 0.25) is 0 Å². The van der Waals surface area contributed by atoms with E-state index < -0.39 is 11.5 Å². The van der Waals surface area contributed by atoms with Gasteiger partial charge in [0.25, 0.3) is 0 Å². The zero-order valence-electron chi connectivity index (χ0n) is 12.4. The lowest BCUT2D eigenvalue weighted by Gasteiger charge is -2.44. The molecule has 2 atom stereocenters. The summed E-state index contributed by atoms with van der Waals surface area (Å²) in [6.07, 6.45) is 1.75. The molecule has 0 aromatic heterocycles. The molecule has 1 aromatic rings. The molecule has 0 aliphatic carbocycles. The highest BCUT2D eigenvalue weighted by atomic mass is 16.5. The smallest absolute Gasteiger partial charge is 0.329 e. The number of rotatable bonds is 4. The number of anilines is 1. The normalized spacial score (nSPS) is 29.9. The maximum atomic E-state index is 11.8. The number of aliphatic carboxylic acids is 1. The van der Waals surface area contributed by atoms with E-state index in [1.54, 1.807) is 0 Å².